The lowest BCUT2D eigenvalue weighted by Gasteiger charge is -2.14. The number of ether oxygens (including phenoxy) is 1. The number of halogens is 4. The number of carbonyl (C=O) groups excluding carboxylic acids is 2. The summed E-state index contributed by atoms with van der Waals surface area (Å²) in [5, 5.41) is 5.33. The lowest BCUT2D eigenvalue weighted by Crippen LogP contribution is -2.19. The van der Waals surface area contributed by atoms with Crippen LogP contribution in [-0.2, 0) is 17.5 Å². The highest BCUT2D eigenvalue weighted by atomic mass is 35.5. The second kappa shape index (κ2) is 11.0. The zero-order valence-corrected chi connectivity index (χ0v) is 20.9. The van der Waals surface area contributed by atoms with Gasteiger partial charge in [-0.15, -0.1) is 12.4 Å². The van der Waals surface area contributed by atoms with Gasteiger partial charge < -0.3 is 20.4 Å². The minimum atomic E-state index is -4.70. The molecule has 0 radical (unpaired) electrons. The van der Waals surface area contributed by atoms with Crippen molar-refractivity contribution in [3.63, 3.8) is 0 Å². The van der Waals surface area contributed by atoms with Gasteiger partial charge in [0.1, 0.15) is 17.9 Å². The molecule has 11 heteroatoms. The Morgan fingerprint density at radius 1 is 0.973 bits per heavy atom. The fourth-order valence-electron chi connectivity index (χ4n) is 3.89. The quantitative estimate of drug-likeness (QED) is 0.273. The van der Waals surface area contributed by atoms with Crippen molar-refractivity contribution < 1.29 is 27.5 Å². The summed E-state index contributed by atoms with van der Waals surface area (Å²) in [6, 6.07) is 12.9. The third kappa shape index (κ3) is 6.10. The smallest absolute Gasteiger partial charge is 0.377 e. The van der Waals surface area contributed by atoms with Crippen molar-refractivity contribution in [2.75, 3.05) is 17.7 Å². The van der Waals surface area contributed by atoms with Crippen LogP contribution in [0.2, 0.25) is 0 Å². The van der Waals surface area contributed by atoms with Crippen molar-refractivity contribution in [3.05, 3.63) is 88.2 Å². The van der Waals surface area contributed by atoms with E-state index in [9.17, 15) is 22.8 Å². The van der Waals surface area contributed by atoms with Crippen LogP contribution in [0.15, 0.2) is 54.6 Å². The maximum Gasteiger partial charge on any atom is 0.417 e. The summed E-state index contributed by atoms with van der Waals surface area (Å²) in [6.45, 7) is 3.94. The van der Waals surface area contributed by atoms with E-state index in [0.717, 1.165) is 23.3 Å². The van der Waals surface area contributed by atoms with Crippen LogP contribution in [0.5, 0.6) is 0 Å². The molecule has 0 spiro atoms. The van der Waals surface area contributed by atoms with Crippen LogP contribution in [0.25, 0.3) is 11.0 Å². The molecule has 0 bridgehead atoms. The Bertz CT molecular complexity index is 1470. The number of aryl methyl sites for hydroxylation is 2. The van der Waals surface area contributed by atoms with Gasteiger partial charge in [0.05, 0.1) is 22.2 Å². The van der Waals surface area contributed by atoms with Gasteiger partial charge in [0.15, 0.2) is 0 Å². The first-order chi connectivity index (χ1) is 17.1. The molecule has 0 aliphatic carbocycles. The number of amides is 2. The molecule has 3 N–H and O–H groups in total. The molecule has 0 saturated heterocycles. The Kier molecular flexibility index (Phi) is 8.25. The first kappa shape index (κ1) is 27.7. The highest BCUT2D eigenvalue weighted by Gasteiger charge is 2.35. The Morgan fingerprint density at radius 2 is 1.68 bits per heavy atom. The van der Waals surface area contributed by atoms with Gasteiger partial charge in [-0.1, -0.05) is 29.8 Å². The Hall–Kier alpha value is -3.89. The molecular formula is C26H24ClF3N4O3. The average molecular weight is 533 g/mol. The lowest BCUT2D eigenvalue weighted by molar-refractivity contribution is -0.137. The Morgan fingerprint density at radius 3 is 2.35 bits per heavy atom. The number of fused-ring (bicyclic) bond motifs is 1. The number of carbonyl (C=O) groups is 2. The van der Waals surface area contributed by atoms with Gasteiger partial charge in [-0.25, -0.2) is 4.98 Å². The summed E-state index contributed by atoms with van der Waals surface area (Å²) >= 11 is 0. The second-order valence-electron chi connectivity index (χ2n) is 8.31. The molecular weight excluding hydrogens is 509 g/mol. The van der Waals surface area contributed by atoms with Gasteiger partial charge in [0.2, 0.25) is 0 Å². The monoisotopic (exact) mass is 532 g/mol. The molecule has 0 saturated carbocycles. The van der Waals surface area contributed by atoms with E-state index in [4.69, 9.17) is 4.74 Å². The second-order valence-corrected chi connectivity index (χ2v) is 8.31. The van der Waals surface area contributed by atoms with E-state index < -0.39 is 29.1 Å². The molecule has 7 nitrogen and oxygen atoms in total. The normalized spacial score (nSPS) is 11.2. The molecule has 0 fully saturated rings. The molecule has 0 atom stereocenters. The first-order valence-corrected chi connectivity index (χ1v) is 10.9. The van der Waals surface area contributed by atoms with Crippen LogP contribution >= 0.6 is 12.4 Å². The van der Waals surface area contributed by atoms with Gasteiger partial charge in [0.25, 0.3) is 11.8 Å². The van der Waals surface area contributed by atoms with Crippen LogP contribution in [-0.4, -0.2) is 28.9 Å². The van der Waals surface area contributed by atoms with Crippen LogP contribution in [0.1, 0.15) is 43.2 Å². The SMILES string of the molecule is COCc1nc2c(C(=O)Nc3ccc(C)cc3C)cc(NC(=O)c3ccccc3C(F)(F)F)cc2[nH]1.Cl. The lowest BCUT2D eigenvalue weighted by atomic mass is 10.1. The summed E-state index contributed by atoms with van der Waals surface area (Å²) in [5.74, 6) is -1.01. The van der Waals surface area contributed by atoms with Crippen molar-refractivity contribution in [3.8, 4) is 0 Å². The van der Waals surface area contributed by atoms with Crippen molar-refractivity contribution in [1.82, 2.24) is 9.97 Å². The van der Waals surface area contributed by atoms with E-state index in [-0.39, 0.29) is 30.3 Å². The fourth-order valence-corrected chi connectivity index (χ4v) is 3.89. The van der Waals surface area contributed by atoms with Crippen molar-refractivity contribution >= 4 is 46.6 Å². The predicted octanol–water partition coefficient (Wildman–Crippen LogP) is 6.27. The summed E-state index contributed by atoms with van der Waals surface area (Å²) in [4.78, 5) is 33.5. The van der Waals surface area contributed by atoms with Gasteiger partial charge in [0, 0.05) is 18.5 Å². The van der Waals surface area contributed by atoms with Gasteiger partial charge in [-0.05, 0) is 49.7 Å². The first-order valence-electron chi connectivity index (χ1n) is 10.9. The zero-order chi connectivity index (χ0) is 26.0. The fraction of sp³-hybridized carbons (Fsp3) is 0.192. The van der Waals surface area contributed by atoms with Crippen molar-refractivity contribution in [1.29, 1.82) is 0 Å². The molecule has 3 aromatic carbocycles. The number of anilines is 2. The molecule has 0 unspecified atom stereocenters. The minimum Gasteiger partial charge on any atom is -0.377 e. The molecule has 1 heterocycles. The summed E-state index contributed by atoms with van der Waals surface area (Å²) < 4.78 is 45.3. The van der Waals surface area contributed by atoms with Crippen LogP contribution in [0, 0.1) is 13.8 Å². The molecule has 1 aromatic heterocycles. The van der Waals surface area contributed by atoms with Crippen LogP contribution in [0.4, 0.5) is 24.5 Å². The number of rotatable bonds is 6. The third-order valence-corrected chi connectivity index (χ3v) is 5.53. The number of H-pyrrole nitrogens is 1. The predicted molar refractivity (Wildman–Crippen MR) is 137 cm³/mol. The van der Waals surface area contributed by atoms with Gasteiger partial charge >= 0.3 is 6.18 Å². The number of benzene rings is 3. The number of aromatic nitrogens is 2. The van der Waals surface area contributed by atoms with Crippen LogP contribution in [0.3, 0.4) is 0 Å². The molecule has 0 aliphatic heterocycles. The molecule has 2 amide bonds. The van der Waals surface area contributed by atoms with Crippen molar-refractivity contribution in [2.24, 2.45) is 0 Å². The third-order valence-electron chi connectivity index (χ3n) is 5.53. The molecule has 37 heavy (non-hydrogen) atoms. The highest BCUT2D eigenvalue weighted by Crippen LogP contribution is 2.32. The maximum absolute atomic E-state index is 13.4. The van der Waals surface area contributed by atoms with Gasteiger partial charge in [-0.3, -0.25) is 9.59 Å². The van der Waals surface area contributed by atoms with Crippen LogP contribution < -0.4 is 10.6 Å². The zero-order valence-electron chi connectivity index (χ0n) is 20.1. The van der Waals surface area contributed by atoms with E-state index in [1.54, 1.807) is 6.07 Å². The number of alkyl halides is 3. The number of nitrogens with zero attached hydrogens (tertiary/aromatic N) is 1. The molecule has 194 valence electrons. The largest absolute Gasteiger partial charge is 0.417 e. The number of aromatic amines is 1. The number of hydrogen-bond donors (Lipinski definition) is 3. The number of nitrogens with one attached hydrogen (secondary N) is 3. The van der Waals surface area contributed by atoms with E-state index in [1.807, 2.05) is 26.0 Å². The Labute approximate surface area is 216 Å². The molecule has 4 rings (SSSR count). The number of methoxy groups -OCH3 is 1. The highest BCUT2D eigenvalue weighted by molar-refractivity contribution is 6.14. The molecule has 0 aliphatic rings. The standard InChI is InChI=1S/C26H23F3N4O3.ClH/c1-14-8-9-20(15(2)10-14)32-25(35)18-11-16(12-21-23(18)33-22(31-21)13-36-3)30-24(34)17-6-4-5-7-19(17)26(27,28)29;/h4-12H,13H2,1-3H3,(H,30,34)(H,31,33)(H,32,35);1H. The number of imidazole rings is 1. The van der Waals surface area contributed by atoms with Gasteiger partial charge in [-0.2, -0.15) is 13.2 Å². The minimum absolute atomic E-state index is 0. The molecule has 4 aromatic rings. The number of hydrogen-bond acceptors (Lipinski definition) is 4. The summed E-state index contributed by atoms with van der Waals surface area (Å²) in [5.41, 5.74) is 1.90. The average Bonchev–Trinajstić information content (AvgIpc) is 3.22. The van der Waals surface area contributed by atoms with E-state index in [1.165, 1.54) is 31.4 Å². The maximum atomic E-state index is 13.4. The summed E-state index contributed by atoms with van der Waals surface area (Å²) in [6.07, 6.45) is -4.70. The van der Waals surface area contributed by atoms with E-state index in [2.05, 4.69) is 20.6 Å². The van der Waals surface area contributed by atoms with E-state index >= 15 is 0 Å². The van der Waals surface area contributed by atoms with Crippen molar-refractivity contribution in [2.45, 2.75) is 26.6 Å². The Balaban J connectivity index is 0.00000380. The van der Waals surface area contributed by atoms with E-state index in [0.29, 0.717) is 22.5 Å². The summed E-state index contributed by atoms with van der Waals surface area (Å²) in [7, 11) is 1.49. The topological polar surface area (TPSA) is 96.1 Å².